The number of pyridine rings is 1. The molecule has 8 aromatic carbocycles. The second-order valence-electron chi connectivity index (χ2n) is 14.2. The van der Waals surface area contributed by atoms with E-state index in [0.29, 0.717) is 17.5 Å². The number of fused-ring (bicyclic) bond motifs is 7. The fourth-order valence-electron chi connectivity index (χ4n) is 7.89. The molecule has 0 aliphatic heterocycles. The van der Waals surface area contributed by atoms with Gasteiger partial charge in [-0.3, -0.25) is 0 Å². The third-order valence-electron chi connectivity index (χ3n) is 10.7. The van der Waals surface area contributed by atoms with Crippen LogP contribution in [0.1, 0.15) is 0 Å². The Morgan fingerprint density at radius 3 is 1.54 bits per heavy atom. The smallest absolute Gasteiger partial charge is 0.164 e. The van der Waals surface area contributed by atoms with Crippen LogP contribution in [0.4, 0.5) is 0 Å². The maximum atomic E-state index is 5.17. The summed E-state index contributed by atoms with van der Waals surface area (Å²) in [5.41, 5.74) is 10.5. The molecule has 11 rings (SSSR count). The summed E-state index contributed by atoms with van der Waals surface area (Å²) in [4.78, 5) is 20.3. The van der Waals surface area contributed by atoms with E-state index in [9.17, 15) is 0 Å². The Bertz CT molecular complexity index is 3270. The van der Waals surface area contributed by atoms with Crippen LogP contribution in [-0.2, 0) is 0 Å². The molecule has 0 spiro atoms. The van der Waals surface area contributed by atoms with Crippen LogP contribution in [-0.4, -0.2) is 19.9 Å². The summed E-state index contributed by atoms with van der Waals surface area (Å²) in [7, 11) is 0. The fourth-order valence-corrected chi connectivity index (χ4v) is 9.14. The number of thiophene rings is 1. The zero-order valence-corrected chi connectivity index (χ0v) is 31.5. The van der Waals surface area contributed by atoms with Crippen molar-refractivity contribution in [2.45, 2.75) is 0 Å². The van der Waals surface area contributed by atoms with E-state index in [1.165, 1.54) is 41.9 Å². The summed E-state index contributed by atoms with van der Waals surface area (Å²) in [6, 6.07) is 67.9. The first kappa shape index (κ1) is 33.0. The van der Waals surface area contributed by atoms with Gasteiger partial charge in [0.25, 0.3) is 0 Å². The Kier molecular flexibility index (Phi) is 7.97. The maximum absolute atomic E-state index is 5.17. The summed E-state index contributed by atoms with van der Waals surface area (Å²) >= 11 is 1.86. The molecular formula is C52H32N4S. The molecule has 0 fully saturated rings. The highest BCUT2D eigenvalue weighted by atomic mass is 32.1. The molecule has 266 valence electrons. The average molecular weight is 745 g/mol. The molecule has 4 nitrogen and oxygen atoms in total. The van der Waals surface area contributed by atoms with Crippen molar-refractivity contribution in [2.24, 2.45) is 0 Å². The molecular weight excluding hydrogens is 713 g/mol. The molecule has 3 heterocycles. The van der Waals surface area contributed by atoms with Crippen molar-refractivity contribution >= 4 is 53.2 Å². The van der Waals surface area contributed by atoms with Gasteiger partial charge in [-0.1, -0.05) is 170 Å². The number of hydrogen-bond acceptors (Lipinski definition) is 5. The van der Waals surface area contributed by atoms with E-state index in [2.05, 4.69) is 158 Å². The Hall–Kier alpha value is -7.34. The minimum atomic E-state index is 0.635. The molecule has 0 bridgehead atoms. The van der Waals surface area contributed by atoms with Crippen LogP contribution in [0.15, 0.2) is 194 Å². The van der Waals surface area contributed by atoms with Crippen LogP contribution in [0, 0.1) is 0 Å². The Balaban J connectivity index is 1.02. The SMILES string of the molecule is c1ccc(-c2ccc(-c3nc(-c4ccccc4)nc(-c4cccc(-c5ccc6sc7c(ccc8c(-c9ccccc9)nc9ccccc9c87)c6c5)c4)n3)cc2)cc1. The number of hydrogen-bond donors (Lipinski definition) is 0. The minimum absolute atomic E-state index is 0.635. The van der Waals surface area contributed by atoms with Gasteiger partial charge >= 0.3 is 0 Å². The van der Waals surface area contributed by atoms with E-state index in [1.54, 1.807) is 0 Å². The van der Waals surface area contributed by atoms with Crippen molar-refractivity contribution in [2.75, 3.05) is 0 Å². The predicted octanol–water partition coefficient (Wildman–Crippen LogP) is 13.9. The third-order valence-corrected chi connectivity index (χ3v) is 11.9. The molecule has 0 N–H and O–H groups in total. The lowest BCUT2D eigenvalue weighted by molar-refractivity contribution is 1.07. The molecule has 0 aliphatic carbocycles. The molecule has 0 unspecified atom stereocenters. The van der Waals surface area contributed by atoms with Crippen LogP contribution in [0.3, 0.4) is 0 Å². The molecule has 5 heteroatoms. The molecule has 3 aromatic heterocycles. The van der Waals surface area contributed by atoms with Gasteiger partial charge in [-0.15, -0.1) is 11.3 Å². The highest BCUT2D eigenvalue weighted by Crippen LogP contribution is 2.44. The standard InChI is InChI=1S/C52H32N4S/c1-4-13-33(14-5-1)34-23-25-37(26-24-34)51-54-50(36-17-8-3-9-18-36)55-52(56-51)40-20-12-19-38(31-40)39-27-30-46-44(32-39)41-28-29-43-47(49(41)57-46)42-21-10-11-22-45(42)53-48(43)35-15-6-2-7-16-35/h1-32H. The number of aromatic nitrogens is 4. The lowest BCUT2D eigenvalue weighted by Crippen LogP contribution is -2.00. The Morgan fingerprint density at radius 1 is 0.298 bits per heavy atom. The lowest BCUT2D eigenvalue weighted by atomic mass is 9.97. The topological polar surface area (TPSA) is 51.6 Å². The summed E-state index contributed by atoms with van der Waals surface area (Å²) in [5, 5.41) is 6.11. The van der Waals surface area contributed by atoms with Gasteiger partial charge in [0.1, 0.15) is 0 Å². The van der Waals surface area contributed by atoms with Crippen molar-refractivity contribution in [3.05, 3.63) is 194 Å². The van der Waals surface area contributed by atoms with E-state index in [-0.39, 0.29) is 0 Å². The third kappa shape index (κ3) is 5.93. The van der Waals surface area contributed by atoms with Crippen LogP contribution in [0.2, 0.25) is 0 Å². The van der Waals surface area contributed by atoms with E-state index in [1.807, 2.05) is 47.7 Å². The van der Waals surface area contributed by atoms with E-state index in [4.69, 9.17) is 19.9 Å². The van der Waals surface area contributed by atoms with Crippen molar-refractivity contribution in [1.82, 2.24) is 19.9 Å². The zero-order chi connectivity index (χ0) is 37.7. The molecule has 0 aliphatic rings. The molecule has 0 amide bonds. The Labute approximate surface area is 333 Å². The molecule has 57 heavy (non-hydrogen) atoms. The molecule has 11 aromatic rings. The second kappa shape index (κ2) is 13.7. The van der Waals surface area contributed by atoms with Gasteiger partial charge in [0.05, 0.1) is 11.2 Å². The summed E-state index contributed by atoms with van der Waals surface area (Å²) in [6.45, 7) is 0. The van der Waals surface area contributed by atoms with Crippen LogP contribution < -0.4 is 0 Å². The molecule has 0 saturated heterocycles. The molecule has 0 saturated carbocycles. The van der Waals surface area contributed by atoms with Crippen molar-refractivity contribution in [1.29, 1.82) is 0 Å². The second-order valence-corrected chi connectivity index (χ2v) is 15.3. The van der Waals surface area contributed by atoms with E-state index < -0.39 is 0 Å². The zero-order valence-electron chi connectivity index (χ0n) is 30.7. The van der Waals surface area contributed by atoms with E-state index in [0.717, 1.165) is 50.2 Å². The molecule has 0 radical (unpaired) electrons. The predicted molar refractivity (Wildman–Crippen MR) is 238 cm³/mol. The fraction of sp³-hybridized carbons (Fsp3) is 0. The highest BCUT2D eigenvalue weighted by Gasteiger charge is 2.18. The first-order valence-electron chi connectivity index (χ1n) is 19.0. The molecule has 0 atom stereocenters. The van der Waals surface area contributed by atoms with Gasteiger partial charge < -0.3 is 0 Å². The van der Waals surface area contributed by atoms with Gasteiger partial charge in [0, 0.05) is 58.6 Å². The quantitative estimate of drug-likeness (QED) is 0.159. The van der Waals surface area contributed by atoms with Crippen molar-refractivity contribution in [3.8, 4) is 67.7 Å². The van der Waals surface area contributed by atoms with Gasteiger partial charge in [-0.05, 0) is 46.5 Å². The number of para-hydroxylation sites is 1. The lowest BCUT2D eigenvalue weighted by Gasteiger charge is -2.11. The van der Waals surface area contributed by atoms with Gasteiger partial charge in [0.15, 0.2) is 17.5 Å². The number of benzene rings is 8. The van der Waals surface area contributed by atoms with Gasteiger partial charge in [0.2, 0.25) is 0 Å². The normalized spacial score (nSPS) is 11.5. The van der Waals surface area contributed by atoms with E-state index >= 15 is 0 Å². The maximum Gasteiger partial charge on any atom is 0.164 e. The summed E-state index contributed by atoms with van der Waals surface area (Å²) < 4.78 is 2.54. The first-order chi connectivity index (χ1) is 28.2. The van der Waals surface area contributed by atoms with Gasteiger partial charge in [-0.25, -0.2) is 19.9 Å². The highest BCUT2D eigenvalue weighted by molar-refractivity contribution is 7.26. The number of rotatable bonds is 6. The van der Waals surface area contributed by atoms with Gasteiger partial charge in [-0.2, -0.15) is 0 Å². The Morgan fingerprint density at radius 2 is 0.807 bits per heavy atom. The number of nitrogens with zero attached hydrogens (tertiary/aromatic N) is 4. The monoisotopic (exact) mass is 744 g/mol. The summed E-state index contributed by atoms with van der Waals surface area (Å²) in [5.74, 6) is 1.92. The average Bonchev–Trinajstić information content (AvgIpc) is 3.68. The first-order valence-corrected chi connectivity index (χ1v) is 19.9. The van der Waals surface area contributed by atoms with Crippen molar-refractivity contribution in [3.63, 3.8) is 0 Å². The van der Waals surface area contributed by atoms with Crippen LogP contribution >= 0.6 is 11.3 Å². The minimum Gasteiger partial charge on any atom is -0.247 e. The van der Waals surface area contributed by atoms with Crippen LogP contribution in [0.5, 0.6) is 0 Å². The van der Waals surface area contributed by atoms with Crippen molar-refractivity contribution < 1.29 is 0 Å². The van der Waals surface area contributed by atoms with Crippen LogP contribution in [0.25, 0.3) is 110 Å². The summed E-state index contributed by atoms with van der Waals surface area (Å²) in [6.07, 6.45) is 0. The largest absolute Gasteiger partial charge is 0.247 e.